The second-order valence-corrected chi connectivity index (χ2v) is 4.19. The van der Waals surface area contributed by atoms with Gasteiger partial charge in [-0.05, 0) is 0 Å². The first-order valence-corrected chi connectivity index (χ1v) is 5.99. The molecule has 88 valence electrons. The summed E-state index contributed by atoms with van der Waals surface area (Å²) in [5, 5.41) is 0. The van der Waals surface area contributed by atoms with Gasteiger partial charge in [0.25, 0.3) is 0 Å². The van der Waals surface area contributed by atoms with Crippen molar-refractivity contribution in [3.8, 4) is 0 Å². The molecule has 0 radical (unpaired) electrons. The number of esters is 1. The van der Waals surface area contributed by atoms with E-state index in [-0.39, 0.29) is 0 Å². The van der Waals surface area contributed by atoms with E-state index in [0.29, 0.717) is 12.9 Å². The average Bonchev–Trinajstić information content (AvgIpc) is 2.39. The van der Waals surface area contributed by atoms with Crippen molar-refractivity contribution < 1.29 is 14.2 Å². The van der Waals surface area contributed by atoms with Gasteiger partial charge in [0, 0.05) is 0 Å². The van der Waals surface area contributed by atoms with Gasteiger partial charge in [0.05, 0.1) is 0 Å². The van der Waals surface area contributed by atoms with E-state index in [4.69, 9.17) is 0 Å². The zero-order chi connectivity index (χ0) is 12.5. The molecule has 1 rings (SSSR count). The Kier molecular flexibility index (Phi) is 6.25. The molecule has 0 aliphatic rings. The summed E-state index contributed by atoms with van der Waals surface area (Å²) in [6.07, 6.45) is 1.08. The number of aliphatic imine (C=N–C) groups is 1. The van der Waals surface area contributed by atoms with Gasteiger partial charge in [-0.1, -0.05) is 0 Å². The third-order valence-corrected chi connectivity index (χ3v) is 3.04. The molecule has 0 aliphatic carbocycles. The van der Waals surface area contributed by atoms with Crippen LogP contribution in [0.25, 0.3) is 0 Å². The second kappa shape index (κ2) is 7.78. The quantitative estimate of drug-likeness (QED) is 0.331. The fourth-order valence-electron chi connectivity index (χ4n) is 1.14. The number of thioether (sulfide) groups is 1. The summed E-state index contributed by atoms with van der Waals surface area (Å²) in [6.45, 7) is 0. The maximum atomic E-state index is 11.4. The van der Waals surface area contributed by atoms with Crippen molar-refractivity contribution in [3.63, 3.8) is 0 Å². The molecule has 17 heavy (non-hydrogen) atoms. The van der Waals surface area contributed by atoms with E-state index in [0.717, 1.165) is 11.0 Å². The van der Waals surface area contributed by atoms with Crippen molar-refractivity contribution in [2.45, 2.75) is 10.9 Å². The minimum atomic E-state index is -0.643. The summed E-state index contributed by atoms with van der Waals surface area (Å²) in [7, 11) is 1.85. The van der Waals surface area contributed by atoms with Crippen LogP contribution in [0.4, 0.5) is 0 Å². The number of hydrogen-bond acceptors (Lipinski definition) is 5. The van der Waals surface area contributed by atoms with Crippen molar-refractivity contribution in [3.05, 3.63) is 30.3 Å². The number of nitrogens with zero attached hydrogens (tertiary/aromatic N) is 1. The van der Waals surface area contributed by atoms with Gasteiger partial charge in [0.15, 0.2) is 0 Å². The van der Waals surface area contributed by atoms with Crippen LogP contribution in [0.1, 0.15) is 0 Å². The predicted octanol–water partition coefficient (Wildman–Crippen LogP) is 1.40. The molecular weight excluding hydrogens is 237 g/mol. The van der Waals surface area contributed by atoms with Crippen LogP contribution in [0.3, 0.4) is 0 Å². The third-order valence-electron chi connectivity index (χ3n) is 1.95. The van der Waals surface area contributed by atoms with Crippen molar-refractivity contribution in [2.24, 2.45) is 4.99 Å². The Morgan fingerprint density at radius 1 is 1.53 bits per heavy atom. The zero-order valence-electron chi connectivity index (χ0n) is 9.41. The Labute approximate surface area is 105 Å². The summed E-state index contributed by atoms with van der Waals surface area (Å²) in [6, 6.07) is 9.02. The third kappa shape index (κ3) is 4.95. The van der Waals surface area contributed by atoms with E-state index in [1.54, 1.807) is 0 Å². The number of ether oxygens (including phenoxy) is 1. The number of methoxy groups -OCH3 is 1. The Hall–Kier alpha value is -1.43. The van der Waals surface area contributed by atoms with Gasteiger partial charge in [-0.25, -0.2) is 0 Å². The Bertz CT molecular complexity index is 397. The van der Waals surface area contributed by atoms with Crippen LogP contribution >= 0.6 is 11.8 Å². The van der Waals surface area contributed by atoms with Crippen LogP contribution in [0.2, 0.25) is 0 Å². The SMILES string of the molecule is COC(=O)[C@H](CSc1ccccc1)N=CB=O. The van der Waals surface area contributed by atoms with Gasteiger partial charge < -0.3 is 0 Å². The molecule has 1 aromatic carbocycles. The summed E-state index contributed by atoms with van der Waals surface area (Å²) < 4.78 is 14.8. The van der Waals surface area contributed by atoms with E-state index >= 15 is 0 Å². The van der Waals surface area contributed by atoms with Crippen LogP contribution in [0.5, 0.6) is 0 Å². The van der Waals surface area contributed by atoms with Gasteiger partial charge in [-0.2, -0.15) is 0 Å². The van der Waals surface area contributed by atoms with Crippen LogP contribution in [-0.4, -0.2) is 38.1 Å². The molecule has 0 spiro atoms. The topological polar surface area (TPSA) is 55.7 Å². The molecule has 1 atom stereocenters. The first kappa shape index (κ1) is 13.6. The number of rotatable bonds is 6. The summed E-state index contributed by atoms with van der Waals surface area (Å²) >= 11 is 1.49. The van der Waals surface area contributed by atoms with Crippen molar-refractivity contribution in [2.75, 3.05) is 12.9 Å². The van der Waals surface area contributed by atoms with Gasteiger partial charge in [-0.3, -0.25) is 0 Å². The van der Waals surface area contributed by atoms with Crippen molar-refractivity contribution >= 4 is 31.0 Å². The van der Waals surface area contributed by atoms with E-state index < -0.39 is 12.0 Å². The fraction of sp³-hybridized carbons (Fsp3) is 0.273. The second-order valence-electron chi connectivity index (χ2n) is 3.10. The first-order valence-electron chi connectivity index (χ1n) is 5.00. The molecule has 0 N–H and O–H groups in total. The summed E-state index contributed by atoms with van der Waals surface area (Å²) in [5.74, 6) is 0.00707. The Morgan fingerprint density at radius 2 is 2.24 bits per heavy atom. The van der Waals surface area contributed by atoms with E-state index in [9.17, 15) is 9.50 Å². The van der Waals surface area contributed by atoms with Crippen molar-refractivity contribution in [1.29, 1.82) is 0 Å². The Balaban J connectivity index is 2.58. The van der Waals surface area contributed by atoms with Gasteiger partial charge in [0.2, 0.25) is 0 Å². The molecule has 0 saturated carbocycles. The predicted molar refractivity (Wildman–Crippen MR) is 67.9 cm³/mol. The molecule has 0 heterocycles. The molecule has 0 unspecified atom stereocenters. The summed E-state index contributed by atoms with van der Waals surface area (Å²) in [4.78, 5) is 16.3. The van der Waals surface area contributed by atoms with Crippen LogP contribution < -0.4 is 0 Å². The minimum absolute atomic E-state index is 0.438. The fourth-order valence-corrected chi connectivity index (χ4v) is 2.06. The molecule has 0 amide bonds. The van der Waals surface area contributed by atoms with Crippen molar-refractivity contribution in [1.82, 2.24) is 0 Å². The number of benzene rings is 1. The molecule has 0 bridgehead atoms. The average molecular weight is 249 g/mol. The Morgan fingerprint density at radius 3 is 2.82 bits per heavy atom. The van der Waals surface area contributed by atoms with Gasteiger partial charge >= 0.3 is 104 Å². The molecule has 6 heteroatoms. The molecule has 1 aromatic rings. The van der Waals surface area contributed by atoms with Crippen LogP contribution in [-0.2, 0) is 14.2 Å². The molecule has 0 fully saturated rings. The molecular formula is C11H12BNO3S. The normalized spacial score (nSPS) is 12.1. The molecule has 0 aliphatic heterocycles. The zero-order valence-corrected chi connectivity index (χ0v) is 10.2. The first-order chi connectivity index (χ1) is 8.27. The van der Waals surface area contributed by atoms with Gasteiger partial charge in [-0.15, -0.1) is 0 Å². The molecule has 0 saturated heterocycles. The summed E-state index contributed by atoms with van der Waals surface area (Å²) in [5.41, 5.74) is 0. The number of carbonyl (C=O) groups is 1. The number of hydrogen-bond donors (Lipinski definition) is 0. The molecule has 4 nitrogen and oxygen atoms in total. The van der Waals surface area contributed by atoms with Crippen LogP contribution in [0, 0.1) is 0 Å². The van der Waals surface area contributed by atoms with E-state index in [1.807, 2.05) is 30.3 Å². The monoisotopic (exact) mass is 249 g/mol. The van der Waals surface area contributed by atoms with Gasteiger partial charge in [0.1, 0.15) is 0 Å². The van der Waals surface area contributed by atoms with E-state index in [1.165, 1.54) is 18.9 Å². The van der Waals surface area contributed by atoms with Crippen LogP contribution in [0.15, 0.2) is 40.2 Å². The maximum absolute atomic E-state index is 11.4. The van der Waals surface area contributed by atoms with E-state index in [2.05, 4.69) is 9.73 Å². The number of carbonyl (C=O) groups excluding carboxylic acids is 1. The molecule has 0 aromatic heterocycles. The standard InChI is InChI=1S/C11H12BNO3S/c1-16-11(14)10(13-8-12-15)7-17-9-5-3-2-4-6-9/h2-6,8,10H,7H2,1H3/t10-/m0/s1.